The van der Waals surface area contributed by atoms with E-state index in [0.29, 0.717) is 0 Å². The standard InChI is InChI=1S/C10H8O6S2.H2O/c11-17(12,13)9-5-1-3-7-8(9)4-2-6-10(7)18(14,15)16;/h1-6H,(H,11,12,13)(H,14,15,16);1H2. The van der Waals surface area contributed by atoms with Gasteiger partial charge in [0.15, 0.2) is 0 Å². The first-order valence-electron chi connectivity index (χ1n) is 4.68. The molecule has 0 unspecified atom stereocenters. The lowest BCUT2D eigenvalue weighted by atomic mass is 10.1. The van der Waals surface area contributed by atoms with Gasteiger partial charge in [-0.1, -0.05) is 24.3 Å². The molecule has 0 amide bonds. The highest BCUT2D eigenvalue weighted by Crippen LogP contribution is 2.27. The summed E-state index contributed by atoms with van der Waals surface area (Å²) < 4.78 is 62.7. The highest BCUT2D eigenvalue weighted by atomic mass is 32.2. The molecular formula is C10H10O7S2. The van der Waals surface area contributed by atoms with Gasteiger partial charge in [0, 0.05) is 10.8 Å². The molecule has 0 aliphatic heterocycles. The average molecular weight is 306 g/mol. The molecule has 0 saturated heterocycles. The van der Waals surface area contributed by atoms with Gasteiger partial charge in [-0.25, -0.2) is 0 Å². The van der Waals surface area contributed by atoms with E-state index in [-0.39, 0.29) is 16.2 Å². The van der Waals surface area contributed by atoms with Crippen LogP contribution in [0.15, 0.2) is 46.2 Å². The Balaban J connectivity index is 0.00000180. The predicted octanol–water partition coefficient (Wildman–Crippen LogP) is 0.509. The Morgan fingerprint density at radius 2 is 1.00 bits per heavy atom. The van der Waals surface area contributed by atoms with Gasteiger partial charge in [-0.2, -0.15) is 16.8 Å². The first-order valence-corrected chi connectivity index (χ1v) is 7.56. The zero-order valence-corrected chi connectivity index (χ0v) is 10.9. The van der Waals surface area contributed by atoms with Crippen LogP contribution < -0.4 is 0 Å². The van der Waals surface area contributed by atoms with Gasteiger partial charge in [-0.15, -0.1) is 0 Å². The smallest absolute Gasteiger partial charge is 0.295 e. The summed E-state index contributed by atoms with van der Waals surface area (Å²) >= 11 is 0. The molecule has 0 aliphatic rings. The quantitative estimate of drug-likeness (QED) is 0.774. The molecule has 0 fully saturated rings. The molecule has 19 heavy (non-hydrogen) atoms. The van der Waals surface area contributed by atoms with E-state index in [1.54, 1.807) is 0 Å². The number of benzene rings is 2. The third-order valence-electron chi connectivity index (χ3n) is 2.40. The molecule has 2 aromatic rings. The maximum absolute atomic E-state index is 11.2. The van der Waals surface area contributed by atoms with Gasteiger partial charge in [0.25, 0.3) is 20.2 Å². The molecule has 0 heterocycles. The van der Waals surface area contributed by atoms with Crippen molar-refractivity contribution in [3.8, 4) is 0 Å². The van der Waals surface area contributed by atoms with Crippen LogP contribution in [0.5, 0.6) is 0 Å². The van der Waals surface area contributed by atoms with Crippen LogP contribution in [0.4, 0.5) is 0 Å². The SMILES string of the molecule is O.O=S(=O)(O)c1cccc2c(S(=O)(=O)O)cccc12. The van der Waals surface area contributed by atoms with Gasteiger partial charge in [-0.05, 0) is 12.1 Å². The van der Waals surface area contributed by atoms with Crippen molar-refractivity contribution in [3.05, 3.63) is 36.4 Å². The molecule has 0 aliphatic carbocycles. The van der Waals surface area contributed by atoms with Gasteiger partial charge in [0.1, 0.15) is 9.79 Å². The molecule has 2 rings (SSSR count). The maximum atomic E-state index is 11.2. The monoisotopic (exact) mass is 306 g/mol. The van der Waals surface area contributed by atoms with Crippen molar-refractivity contribution in [2.45, 2.75) is 9.79 Å². The van der Waals surface area contributed by atoms with Crippen LogP contribution in [-0.2, 0) is 20.2 Å². The third-order valence-corrected chi connectivity index (χ3v) is 4.22. The molecule has 0 saturated carbocycles. The summed E-state index contributed by atoms with van der Waals surface area (Å²) in [5, 5.41) is 0.0465. The van der Waals surface area contributed by atoms with E-state index in [1.807, 2.05) is 0 Å². The second kappa shape index (κ2) is 4.87. The van der Waals surface area contributed by atoms with Crippen LogP contribution >= 0.6 is 0 Å². The van der Waals surface area contributed by atoms with E-state index >= 15 is 0 Å². The largest absolute Gasteiger partial charge is 0.412 e. The number of fused-ring (bicyclic) bond motifs is 1. The Bertz CT molecular complexity index is 751. The Kier molecular flexibility index (Phi) is 3.98. The fraction of sp³-hybridized carbons (Fsp3) is 0. The third kappa shape index (κ3) is 2.91. The lowest BCUT2D eigenvalue weighted by Crippen LogP contribution is -2.02. The second-order valence-electron chi connectivity index (χ2n) is 3.56. The molecule has 0 spiro atoms. The summed E-state index contributed by atoms with van der Waals surface area (Å²) in [6.07, 6.45) is 0. The summed E-state index contributed by atoms with van der Waals surface area (Å²) in [6.45, 7) is 0. The minimum absolute atomic E-state index is 0. The van der Waals surface area contributed by atoms with Gasteiger partial charge in [-0.3, -0.25) is 9.11 Å². The summed E-state index contributed by atoms with van der Waals surface area (Å²) in [7, 11) is -8.94. The summed E-state index contributed by atoms with van der Waals surface area (Å²) in [5.74, 6) is 0. The van der Waals surface area contributed by atoms with E-state index in [1.165, 1.54) is 24.3 Å². The molecule has 9 heteroatoms. The zero-order chi connectivity index (χ0) is 13.6. The fourth-order valence-corrected chi connectivity index (χ4v) is 3.12. The van der Waals surface area contributed by atoms with Crippen molar-refractivity contribution in [3.63, 3.8) is 0 Å². The van der Waals surface area contributed by atoms with Gasteiger partial charge in [0.2, 0.25) is 0 Å². The zero-order valence-electron chi connectivity index (χ0n) is 9.31. The highest BCUT2D eigenvalue weighted by Gasteiger charge is 2.18. The average Bonchev–Trinajstić information content (AvgIpc) is 2.24. The minimum Gasteiger partial charge on any atom is -0.412 e. The molecule has 0 atom stereocenters. The van der Waals surface area contributed by atoms with E-state index in [2.05, 4.69) is 0 Å². The molecule has 2 aromatic carbocycles. The lowest BCUT2D eigenvalue weighted by Gasteiger charge is -2.06. The molecule has 0 radical (unpaired) electrons. The maximum Gasteiger partial charge on any atom is 0.295 e. The van der Waals surface area contributed by atoms with Gasteiger partial charge in [0.05, 0.1) is 0 Å². The topological polar surface area (TPSA) is 140 Å². The summed E-state index contributed by atoms with van der Waals surface area (Å²) in [5.41, 5.74) is 0. The number of rotatable bonds is 2. The van der Waals surface area contributed by atoms with Crippen LogP contribution in [0.2, 0.25) is 0 Å². The van der Waals surface area contributed by atoms with E-state index in [9.17, 15) is 16.8 Å². The van der Waals surface area contributed by atoms with Crippen LogP contribution in [0.25, 0.3) is 10.8 Å². The first kappa shape index (κ1) is 15.5. The fourth-order valence-electron chi connectivity index (χ4n) is 1.70. The molecule has 4 N–H and O–H groups in total. The van der Waals surface area contributed by atoms with Crippen LogP contribution in [0.1, 0.15) is 0 Å². The van der Waals surface area contributed by atoms with Crippen molar-refractivity contribution in [1.29, 1.82) is 0 Å². The van der Waals surface area contributed by atoms with Gasteiger partial charge >= 0.3 is 0 Å². The van der Waals surface area contributed by atoms with Crippen LogP contribution in [0, 0.1) is 0 Å². The van der Waals surface area contributed by atoms with Crippen molar-refractivity contribution < 1.29 is 31.4 Å². The molecule has 104 valence electrons. The molecule has 0 bridgehead atoms. The Morgan fingerprint density at radius 1 is 0.684 bits per heavy atom. The second-order valence-corrected chi connectivity index (χ2v) is 6.34. The normalized spacial score (nSPS) is 12.1. The Morgan fingerprint density at radius 3 is 1.26 bits per heavy atom. The van der Waals surface area contributed by atoms with Crippen LogP contribution in [0.3, 0.4) is 0 Å². The predicted molar refractivity (Wildman–Crippen MR) is 67.2 cm³/mol. The molecular weight excluding hydrogens is 296 g/mol. The van der Waals surface area contributed by atoms with Crippen molar-refractivity contribution in [2.24, 2.45) is 0 Å². The van der Waals surface area contributed by atoms with E-state index in [0.717, 1.165) is 12.1 Å². The number of hydrogen-bond donors (Lipinski definition) is 2. The first-order chi connectivity index (χ1) is 8.21. The van der Waals surface area contributed by atoms with Crippen LogP contribution in [-0.4, -0.2) is 31.4 Å². The minimum atomic E-state index is -4.47. The van der Waals surface area contributed by atoms with E-state index < -0.39 is 30.0 Å². The Hall–Kier alpha value is -1.52. The summed E-state index contributed by atoms with van der Waals surface area (Å²) in [6, 6.07) is 7.53. The van der Waals surface area contributed by atoms with Crippen molar-refractivity contribution >= 4 is 31.0 Å². The number of hydrogen-bond acceptors (Lipinski definition) is 4. The lowest BCUT2D eigenvalue weighted by molar-refractivity contribution is 0.481. The van der Waals surface area contributed by atoms with E-state index in [4.69, 9.17) is 9.11 Å². The van der Waals surface area contributed by atoms with Crippen molar-refractivity contribution in [2.75, 3.05) is 0 Å². The molecule has 7 nitrogen and oxygen atoms in total. The summed E-state index contributed by atoms with van der Waals surface area (Å²) in [4.78, 5) is -0.823. The van der Waals surface area contributed by atoms with Crippen molar-refractivity contribution in [1.82, 2.24) is 0 Å². The van der Waals surface area contributed by atoms with Gasteiger partial charge < -0.3 is 5.48 Å². The highest BCUT2D eigenvalue weighted by molar-refractivity contribution is 7.86. The molecule has 0 aromatic heterocycles. The Labute approximate surface area is 109 Å².